The molecule has 0 spiro atoms. The lowest BCUT2D eigenvalue weighted by Crippen LogP contribution is -2.09. The molecule has 0 aliphatic heterocycles. The van der Waals surface area contributed by atoms with Crippen LogP contribution in [-0.2, 0) is 19.7 Å². The minimum atomic E-state index is -4.15. The van der Waals surface area contributed by atoms with E-state index in [9.17, 15) is 8.42 Å². The van der Waals surface area contributed by atoms with Crippen LogP contribution >= 0.6 is 12.2 Å². The molecule has 1 heterocycles. The molecule has 11 heteroatoms. The number of nitrogens with zero attached hydrogens (tertiary/aromatic N) is 2. The average molecular weight is 462 g/mol. The Bertz CT molecular complexity index is 1150. The van der Waals surface area contributed by atoms with Gasteiger partial charge in [-0.1, -0.05) is 40.7 Å². The van der Waals surface area contributed by atoms with E-state index < -0.39 is 10.3 Å². The summed E-state index contributed by atoms with van der Waals surface area (Å²) < 4.78 is 41.8. The number of hydrogen-bond donors (Lipinski definition) is 1. The number of aromatic amines is 1. The highest BCUT2D eigenvalue weighted by molar-refractivity contribution is 7.93. The number of rotatable bonds is 10. The summed E-state index contributed by atoms with van der Waals surface area (Å²) in [6.45, 7) is 3.30. The third-order valence-electron chi connectivity index (χ3n) is 3.76. The Hall–Kier alpha value is -3.12. The van der Waals surface area contributed by atoms with Crippen LogP contribution in [0.25, 0.3) is 0 Å². The minimum absolute atomic E-state index is 0.185. The summed E-state index contributed by atoms with van der Waals surface area (Å²) in [4.78, 5) is 7.96. The molecule has 162 valence electrons. The molecule has 31 heavy (non-hydrogen) atoms. The van der Waals surface area contributed by atoms with Gasteiger partial charge in [0.15, 0.2) is 18.0 Å². The van der Waals surface area contributed by atoms with E-state index in [1.54, 1.807) is 68.4 Å². The maximum absolute atomic E-state index is 12.1. The van der Waals surface area contributed by atoms with Crippen molar-refractivity contribution in [2.75, 3.05) is 0 Å². The first-order valence-electron chi connectivity index (χ1n) is 8.95. The number of H-pyrrole nitrogens is 1. The van der Waals surface area contributed by atoms with Gasteiger partial charge in [0.05, 0.1) is 22.8 Å². The van der Waals surface area contributed by atoms with Crippen LogP contribution in [0.3, 0.4) is 0 Å². The Balaban J connectivity index is 1.55. The van der Waals surface area contributed by atoms with Crippen LogP contribution in [0.2, 0.25) is 0 Å². The van der Waals surface area contributed by atoms with Gasteiger partial charge in [-0.15, -0.1) is 4.40 Å². The molecule has 9 nitrogen and oxygen atoms in total. The lowest BCUT2D eigenvalue weighted by Gasteiger charge is -2.03. The van der Waals surface area contributed by atoms with E-state index in [-0.39, 0.29) is 11.5 Å². The summed E-state index contributed by atoms with van der Waals surface area (Å²) in [6, 6.07) is 20.4. The summed E-state index contributed by atoms with van der Waals surface area (Å²) in [6.07, 6.45) is 0. The van der Waals surface area contributed by atoms with Crippen molar-refractivity contribution in [3.05, 3.63) is 84.2 Å². The van der Waals surface area contributed by atoms with Crippen LogP contribution in [0, 0.1) is 0 Å². The highest BCUT2D eigenvalue weighted by Gasteiger charge is 2.13. The third kappa shape index (κ3) is 7.26. The van der Waals surface area contributed by atoms with Crippen molar-refractivity contribution < 1.29 is 26.9 Å². The first-order chi connectivity index (χ1) is 14.9. The molecular formula is C20H19N3O6S2. The first kappa shape index (κ1) is 22.6. The zero-order valence-corrected chi connectivity index (χ0v) is 18.2. The summed E-state index contributed by atoms with van der Waals surface area (Å²) in [5.41, 5.74) is 1.96. The van der Waals surface area contributed by atoms with Gasteiger partial charge in [-0.3, -0.25) is 0 Å². The fourth-order valence-electron chi connectivity index (χ4n) is 2.31. The van der Waals surface area contributed by atoms with Gasteiger partial charge in [0.1, 0.15) is 5.75 Å². The average Bonchev–Trinajstić information content (AvgIpc) is 3.25. The quantitative estimate of drug-likeness (QED) is 0.118. The standard InChI is InChI=1S/C20H19N3O6S2/c1-15(22-30-29-28-26-17-9-5-3-6-10-17)19-13-14-20(21-19)16(2)23-31(24,25)27-18-11-7-4-8-12-18/h3-14,21H,1-2H3/b22-15+,23-16+. The molecule has 0 unspecified atom stereocenters. The predicted molar refractivity (Wildman–Crippen MR) is 118 cm³/mol. The molecular weight excluding hydrogens is 442 g/mol. The van der Waals surface area contributed by atoms with Crippen molar-refractivity contribution in [2.45, 2.75) is 13.8 Å². The van der Waals surface area contributed by atoms with Gasteiger partial charge in [-0.05, 0) is 50.2 Å². The molecule has 0 radical (unpaired) electrons. The van der Waals surface area contributed by atoms with E-state index in [0.717, 1.165) is 0 Å². The molecule has 1 N–H and O–H groups in total. The Kier molecular flexibility index (Phi) is 7.84. The molecule has 1 aromatic heterocycles. The second-order valence-electron chi connectivity index (χ2n) is 6.07. The Morgan fingerprint density at radius 1 is 0.839 bits per heavy atom. The second-order valence-corrected chi connectivity index (χ2v) is 7.74. The zero-order valence-electron chi connectivity index (χ0n) is 16.6. The largest absolute Gasteiger partial charge is 0.428 e. The SMILES string of the molecule is C/C(=N\SOOOc1ccccc1)c1ccc(/C(C)=N/S(=O)(=O)Oc2ccccc2)[nH]1. The summed E-state index contributed by atoms with van der Waals surface area (Å²) in [5, 5.41) is 4.60. The van der Waals surface area contributed by atoms with E-state index in [1.165, 1.54) is 12.1 Å². The minimum Gasteiger partial charge on any atom is -0.366 e. The van der Waals surface area contributed by atoms with Crippen molar-refractivity contribution in [3.8, 4) is 11.5 Å². The number of hydrogen-bond acceptors (Lipinski definition) is 8. The molecule has 0 amide bonds. The van der Waals surface area contributed by atoms with Gasteiger partial charge in [0.2, 0.25) is 0 Å². The lowest BCUT2D eigenvalue weighted by molar-refractivity contribution is -0.403. The molecule has 0 saturated heterocycles. The molecule has 0 bridgehead atoms. The van der Waals surface area contributed by atoms with Gasteiger partial charge in [-0.2, -0.15) is 12.8 Å². The summed E-state index contributed by atoms with van der Waals surface area (Å²) >= 11 is 0.679. The normalized spacial score (nSPS) is 12.6. The van der Waals surface area contributed by atoms with Gasteiger partial charge < -0.3 is 14.1 Å². The molecule has 0 saturated carbocycles. The number of aromatic nitrogens is 1. The lowest BCUT2D eigenvalue weighted by atomic mass is 10.3. The van der Waals surface area contributed by atoms with E-state index in [2.05, 4.69) is 18.8 Å². The smallest absolute Gasteiger partial charge is 0.366 e. The van der Waals surface area contributed by atoms with Crippen LogP contribution in [-0.4, -0.2) is 24.8 Å². The highest BCUT2D eigenvalue weighted by Crippen LogP contribution is 2.15. The zero-order chi connectivity index (χ0) is 22.1. The molecule has 0 atom stereocenters. The molecule has 2 aromatic carbocycles. The third-order valence-corrected chi connectivity index (χ3v) is 5.13. The fraction of sp³-hybridized carbons (Fsp3) is 0.100. The van der Waals surface area contributed by atoms with Crippen molar-refractivity contribution in [3.63, 3.8) is 0 Å². The van der Waals surface area contributed by atoms with E-state index in [0.29, 0.717) is 35.1 Å². The Labute approximate surface area is 184 Å². The maximum atomic E-state index is 12.1. The van der Waals surface area contributed by atoms with Gasteiger partial charge in [0, 0.05) is 5.04 Å². The van der Waals surface area contributed by atoms with Gasteiger partial charge >= 0.3 is 10.3 Å². The second kappa shape index (κ2) is 10.8. The number of benzene rings is 2. The van der Waals surface area contributed by atoms with Crippen LogP contribution in [0.4, 0.5) is 0 Å². The predicted octanol–water partition coefficient (Wildman–Crippen LogP) is 4.46. The molecule has 0 fully saturated rings. The van der Waals surface area contributed by atoms with Gasteiger partial charge in [-0.25, -0.2) is 0 Å². The maximum Gasteiger partial charge on any atom is 0.428 e. The summed E-state index contributed by atoms with van der Waals surface area (Å²) in [7, 11) is -4.15. The summed E-state index contributed by atoms with van der Waals surface area (Å²) in [5.74, 6) is 0.670. The molecule has 0 aliphatic rings. The van der Waals surface area contributed by atoms with E-state index in [4.69, 9.17) is 13.4 Å². The first-order valence-corrected chi connectivity index (χ1v) is 11.0. The molecule has 3 rings (SSSR count). The van der Waals surface area contributed by atoms with Gasteiger partial charge in [0.25, 0.3) is 0 Å². The molecule has 0 aliphatic carbocycles. The van der Waals surface area contributed by atoms with Crippen molar-refractivity contribution in [1.82, 2.24) is 4.98 Å². The van der Waals surface area contributed by atoms with Crippen molar-refractivity contribution in [2.24, 2.45) is 8.80 Å². The monoisotopic (exact) mass is 461 g/mol. The van der Waals surface area contributed by atoms with Crippen LogP contribution in [0.15, 0.2) is 81.6 Å². The Morgan fingerprint density at radius 2 is 1.42 bits per heavy atom. The van der Waals surface area contributed by atoms with Crippen molar-refractivity contribution in [1.29, 1.82) is 0 Å². The van der Waals surface area contributed by atoms with Crippen LogP contribution in [0.5, 0.6) is 11.5 Å². The van der Waals surface area contributed by atoms with Crippen molar-refractivity contribution >= 4 is 34.0 Å². The Morgan fingerprint density at radius 3 is 2.06 bits per heavy atom. The van der Waals surface area contributed by atoms with E-state index in [1.807, 2.05) is 6.07 Å². The fourth-order valence-corrected chi connectivity index (χ4v) is 3.43. The highest BCUT2D eigenvalue weighted by atomic mass is 32.2. The number of nitrogens with one attached hydrogen (secondary N) is 1. The molecule has 3 aromatic rings. The van der Waals surface area contributed by atoms with Crippen LogP contribution in [0.1, 0.15) is 25.2 Å². The van der Waals surface area contributed by atoms with Crippen LogP contribution < -0.4 is 9.07 Å². The number of para-hydroxylation sites is 2. The van der Waals surface area contributed by atoms with E-state index >= 15 is 0 Å². The topological polar surface area (TPSA) is 112 Å².